The molecule has 0 radical (unpaired) electrons. The molecule has 3 heterocycles. The number of nitrogens with zero attached hydrogens (tertiary/aromatic N) is 4. The third-order valence-electron chi connectivity index (χ3n) is 6.10. The number of carbonyl (C=O) groups is 2. The molecule has 0 saturated carbocycles. The average molecular weight is 395 g/mol. The Balaban J connectivity index is 1.29. The Labute approximate surface area is 172 Å². The van der Waals surface area contributed by atoms with E-state index in [1.807, 2.05) is 40.1 Å². The molecule has 4 rings (SSSR count). The SMILES string of the molecule is O=C(Cc1cccc2cccnc12)N1CCN(CC(=O)N2CCCCCC2)CC1. The van der Waals surface area contributed by atoms with Gasteiger partial charge >= 0.3 is 0 Å². The van der Waals surface area contributed by atoms with Gasteiger partial charge in [0.25, 0.3) is 0 Å². The third-order valence-corrected chi connectivity index (χ3v) is 6.10. The summed E-state index contributed by atoms with van der Waals surface area (Å²) in [6.45, 7) is 5.18. The smallest absolute Gasteiger partial charge is 0.236 e. The molecule has 29 heavy (non-hydrogen) atoms. The maximum Gasteiger partial charge on any atom is 0.236 e. The van der Waals surface area contributed by atoms with E-state index in [1.165, 1.54) is 12.8 Å². The lowest BCUT2D eigenvalue weighted by atomic mass is 10.1. The van der Waals surface area contributed by atoms with Gasteiger partial charge in [0.1, 0.15) is 0 Å². The van der Waals surface area contributed by atoms with Crippen LogP contribution >= 0.6 is 0 Å². The van der Waals surface area contributed by atoms with E-state index in [-0.39, 0.29) is 11.8 Å². The predicted octanol–water partition coefficient (Wildman–Crippen LogP) is 2.32. The van der Waals surface area contributed by atoms with Crippen molar-refractivity contribution in [3.8, 4) is 0 Å². The van der Waals surface area contributed by atoms with E-state index in [2.05, 4.69) is 9.88 Å². The molecule has 1 aromatic heterocycles. The van der Waals surface area contributed by atoms with Crippen molar-refractivity contribution < 1.29 is 9.59 Å². The molecule has 2 fully saturated rings. The third kappa shape index (κ3) is 4.93. The second-order valence-electron chi connectivity index (χ2n) is 8.12. The van der Waals surface area contributed by atoms with Crippen LogP contribution in [0.25, 0.3) is 10.9 Å². The Hall–Kier alpha value is -2.47. The molecular formula is C23H30N4O2. The second kappa shape index (κ2) is 9.35. The van der Waals surface area contributed by atoms with E-state index in [1.54, 1.807) is 6.20 Å². The van der Waals surface area contributed by atoms with E-state index >= 15 is 0 Å². The van der Waals surface area contributed by atoms with E-state index in [0.29, 0.717) is 26.1 Å². The number of amides is 2. The molecule has 2 aliphatic heterocycles. The monoisotopic (exact) mass is 394 g/mol. The zero-order valence-corrected chi connectivity index (χ0v) is 17.1. The number of hydrogen-bond acceptors (Lipinski definition) is 4. The van der Waals surface area contributed by atoms with Gasteiger partial charge in [-0.2, -0.15) is 0 Å². The zero-order chi connectivity index (χ0) is 20.1. The van der Waals surface area contributed by atoms with Crippen LogP contribution in [0, 0.1) is 0 Å². The molecule has 0 atom stereocenters. The van der Waals surface area contributed by atoms with E-state index in [4.69, 9.17) is 0 Å². The Morgan fingerprint density at radius 3 is 2.24 bits per heavy atom. The summed E-state index contributed by atoms with van der Waals surface area (Å²) in [6.07, 6.45) is 6.86. The highest BCUT2D eigenvalue weighted by molar-refractivity contribution is 5.87. The van der Waals surface area contributed by atoms with Crippen LogP contribution in [0.2, 0.25) is 0 Å². The summed E-state index contributed by atoms with van der Waals surface area (Å²) in [6, 6.07) is 9.94. The fraction of sp³-hybridized carbons (Fsp3) is 0.522. The minimum atomic E-state index is 0.140. The number of piperazine rings is 1. The van der Waals surface area contributed by atoms with Gasteiger partial charge < -0.3 is 9.80 Å². The molecule has 0 N–H and O–H groups in total. The molecule has 6 nitrogen and oxygen atoms in total. The largest absolute Gasteiger partial charge is 0.342 e. The maximum absolute atomic E-state index is 12.8. The van der Waals surface area contributed by atoms with Gasteiger partial charge in [-0.15, -0.1) is 0 Å². The van der Waals surface area contributed by atoms with Crippen molar-refractivity contribution in [1.82, 2.24) is 19.7 Å². The first-order chi connectivity index (χ1) is 14.2. The van der Waals surface area contributed by atoms with Crippen LogP contribution in [-0.4, -0.2) is 77.3 Å². The number of rotatable bonds is 4. The quantitative estimate of drug-likeness (QED) is 0.799. The lowest BCUT2D eigenvalue weighted by Crippen LogP contribution is -2.52. The second-order valence-corrected chi connectivity index (χ2v) is 8.12. The van der Waals surface area contributed by atoms with E-state index < -0.39 is 0 Å². The summed E-state index contributed by atoms with van der Waals surface area (Å²) < 4.78 is 0. The van der Waals surface area contributed by atoms with Crippen LogP contribution in [0.3, 0.4) is 0 Å². The van der Waals surface area contributed by atoms with Crippen molar-refractivity contribution in [3.63, 3.8) is 0 Å². The summed E-state index contributed by atoms with van der Waals surface area (Å²) in [7, 11) is 0. The molecule has 6 heteroatoms. The van der Waals surface area contributed by atoms with E-state index in [9.17, 15) is 9.59 Å². The fourth-order valence-electron chi connectivity index (χ4n) is 4.35. The Morgan fingerprint density at radius 2 is 1.48 bits per heavy atom. The first kappa shape index (κ1) is 19.8. The molecule has 0 aliphatic carbocycles. The molecule has 1 aromatic carbocycles. The van der Waals surface area contributed by atoms with Crippen molar-refractivity contribution in [2.75, 3.05) is 45.8 Å². The van der Waals surface area contributed by atoms with Gasteiger partial charge in [0.05, 0.1) is 18.5 Å². The van der Waals surface area contributed by atoms with Gasteiger partial charge in [-0.05, 0) is 24.5 Å². The van der Waals surface area contributed by atoms with Gasteiger partial charge in [0, 0.05) is 50.9 Å². The molecule has 154 valence electrons. The highest BCUT2D eigenvalue weighted by Crippen LogP contribution is 2.18. The maximum atomic E-state index is 12.8. The van der Waals surface area contributed by atoms with Gasteiger partial charge in [-0.3, -0.25) is 19.5 Å². The number of carbonyl (C=O) groups excluding carboxylic acids is 2. The van der Waals surface area contributed by atoms with Gasteiger partial charge in [-0.1, -0.05) is 37.1 Å². The standard InChI is InChI=1S/C23H30N4O2/c28-21(17-20-8-5-7-19-9-6-10-24-23(19)20)27-15-13-25(14-16-27)18-22(29)26-11-3-1-2-4-12-26/h5-10H,1-4,11-18H2. The Morgan fingerprint density at radius 1 is 0.793 bits per heavy atom. The van der Waals surface area contributed by atoms with Crippen LogP contribution in [0.1, 0.15) is 31.2 Å². The molecule has 0 spiro atoms. The van der Waals surface area contributed by atoms with Gasteiger partial charge in [-0.25, -0.2) is 0 Å². The number of aromatic nitrogens is 1. The van der Waals surface area contributed by atoms with Crippen molar-refractivity contribution in [3.05, 3.63) is 42.1 Å². The topological polar surface area (TPSA) is 56.8 Å². The summed E-state index contributed by atoms with van der Waals surface area (Å²) in [4.78, 5) is 36.0. The predicted molar refractivity (Wildman–Crippen MR) is 114 cm³/mol. The minimum Gasteiger partial charge on any atom is -0.342 e. The molecular weight excluding hydrogens is 364 g/mol. The van der Waals surface area contributed by atoms with Crippen molar-refractivity contribution in [2.45, 2.75) is 32.1 Å². The molecule has 2 aliphatic rings. The number of fused-ring (bicyclic) bond motifs is 1. The summed E-state index contributed by atoms with van der Waals surface area (Å²) in [5, 5.41) is 1.06. The van der Waals surface area contributed by atoms with Gasteiger partial charge in [0.2, 0.25) is 11.8 Å². The first-order valence-corrected chi connectivity index (χ1v) is 10.8. The molecule has 2 aromatic rings. The summed E-state index contributed by atoms with van der Waals surface area (Å²) >= 11 is 0. The highest BCUT2D eigenvalue weighted by Gasteiger charge is 2.25. The number of pyridine rings is 1. The first-order valence-electron chi connectivity index (χ1n) is 10.8. The van der Waals surface area contributed by atoms with Crippen LogP contribution in [0.4, 0.5) is 0 Å². The fourth-order valence-corrected chi connectivity index (χ4v) is 4.35. The number of benzene rings is 1. The van der Waals surface area contributed by atoms with Crippen molar-refractivity contribution in [1.29, 1.82) is 0 Å². The number of hydrogen-bond donors (Lipinski definition) is 0. The van der Waals surface area contributed by atoms with Gasteiger partial charge in [0.15, 0.2) is 0 Å². The van der Waals surface area contributed by atoms with Crippen molar-refractivity contribution in [2.24, 2.45) is 0 Å². The molecule has 0 unspecified atom stereocenters. The lowest BCUT2D eigenvalue weighted by Gasteiger charge is -2.35. The lowest BCUT2D eigenvalue weighted by molar-refractivity contribution is -0.134. The summed E-state index contributed by atoms with van der Waals surface area (Å²) in [5.41, 5.74) is 1.89. The summed E-state index contributed by atoms with van der Waals surface area (Å²) in [5.74, 6) is 0.384. The van der Waals surface area contributed by atoms with E-state index in [0.717, 1.165) is 55.5 Å². The van der Waals surface area contributed by atoms with Crippen LogP contribution in [0.15, 0.2) is 36.5 Å². The van der Waals surface area contributed by atoms with Crippen LogP contribution in [-0.2, 0) is 16.0 Å². The van der Waals surface area contributed by atoms with Crippen molar-refractivity contribution >= 4 is 22.7 Å². The van der Waals surface area contributed by atoms with Crippen LogP contribution in [0.5, 0.6) is 0 Å². The van der Waals surface area contributed by atoms with Crippen LogP contribution < -0.4 is 0 Å². The average Bonchev–Trinajstić information content (AvgIpc) is 3.04. The molecule has 0 bridgehead atoms. The Kier molecular flexibility index (Phi) is 6.39. The minimum absolute atomic E-state index is 0.140. The Bertz CT molecular complexity index is 848. The molecule has 2 saturated heterocycles. The molecule has 2 amide bonds. The highest BCUT2D eigenvalue weighted by atomic mass is 16.2. The zero-order valence-electron chi connectivity index (χ0n) is 17.1. The number of likely N-dealkylation sites (tertiary alicyclic amines) is 1. The number of para-hydroxylation sites is 1. The normalized spacial score (nSPS) is 18.6.